The highest BCUT2D eigenvalue weighted by atomic mass is 15.2. The minimum atomic E-state index is 1.03. The molecule has 1 aliphatic rings. The van der Waals surface area contributed by atoms with E-state index in [-0.39, 0.29) is 0 Å². The van der Waals surface area contributed by atoms with Crippen LogP contribution in [0.3, 0.4) is 0 Å². The van der Waals surface area contributed by atoms with Crippen LogP contribution in [0.4, 0.5) is 17.1 Å². The molecule has 3 heteroatoms. The molecule has 0 fully saturated rings. The van der Waals surface area contributed by atoms with Gasteiger partial charge in [0.05, 0.1) is 11.4 Å². The van der Waals surface area contributed by atoms with Crippen molar-refractivity contribution in [3.05, 3.63) is 18.2 Å². The zero-order valence-electron chi connectivity index (χ0n) is 9.04. The third-order valence-electron chi connectivity index (χ3n) is 2.67. The maximum absolute atomic E-state index is 3.42. The van der Waals surface area contributed by atoms with Gasteiger partial charge in [0.2, 0.25) is 0 Å². The Kier molecular flexibility index (Phi) is 2.23. The molecule has 1 aromatic rings. The van der Waals surface area contributed by atoms with Crippen molar-refractivity contribution in [3.8, 4) is 0 Å². The molecule has 0 atom stereocenters. The van der Waals surface area contributed by atoms with Crippen molar-refractivity contribution >= 4 is 17.1 Å². The minimum absolute atomic E-state index is 1.03. The van der Waals surface area contributed by atoms with Crippen LogP contribution in [0.2, 0.25) is 0 Å². The number of anilines is 3. The molecule has 0 amide bonds. The highest BCUT2D eigenvalue weighted by Gasteiger charge is 2.13. The average Bonchev–Trinajstić information content (AvgIpc) is 2.17. The predicted molar refractivity (Wildman–Crippen MR) is 62.5 cm³/mol. The van der Waals surface area contributed by atoms with Crippen molar-refractivity contribution in [2.24, 2.45) is 0 Å². The highest BCUT2D eigenvalue weighted by Crippen LogP contribution is 2.31. The lowest BCUT2D eigenvalue weighted by Crippen LogP contribution is -2.30. The van der Waals surface area contributed by atoms with Gasteiger partial charge in [0.15, 0.2) is 0 Å². The van der Waals surface area contributed by atoms with Gasteiger partial charge in [-0.3, -0.25) is 0 Å². The Balaban J connectivity index is 2.39. The van der Waals surface area contributed by atoms with Gasteiger partial charge in [-0.1, -0.05) is 0 Å². The van der Waals surface area contributed by atoms with E-state index in [9.17, 15) is 0 Å². The Bertz CT molecular complexity index is 333. The van der Waals surface area contributed by atoms with E-state index in [2.05, 4.69) is 54.5 Å². The fraction of sp³-hybridized carbons (Fsp3) is 0.455. The van der Waals surface area contributed by atoms with Crippen LogP contribution in [0.25, 0.3) is 0 Å². The average molecular weight is 191 g/mol. The van der Waals surface area contributed by atoms with Gasteiger partial charge in [-0.25, -0.2) is 0 Å². The molecule has 2 rings (SSSR count). The van der Waals surface area contributed by atoms with Crippen molar-refractivity contribution in [2.75, 3.05) is 49.3 Å². The normalized spacial score (nSPS) is 14.6. The van der Waals surface area contributed by atoms with E-state index in [1.54, 1.807) is 0 Å². The summed E-state index contributed by atoms with van der Waals surface area (Å²) in [5.41, 5.74) is 3.78. The Morgan fingerprint density at radius 2 is 2.14 bits per heavy atom. The van der Waals surface area contributed by atoms with Gasteiger partial charge in [0, 0.05) is 39.9 Å². The molecular formula is C11H17N3. The Morgan fingerprint density at radius 1 is 1.36 bits per heavy atom. The van der Waals surface area contributed by atoms with Crippen molar-refractivity contribution in [3.63, 3.8) is 0 Å². The molecular weight excluding hydrogens is 174 g/mol. The lowest BCUT2D eigenvalue weighted by molar-refractivity contribution is 0.886. The van der Waals surface area contributed by atoms with Crippen LogP contribution in [-0.4, -0.2) is 34.2 Å². The summed E-state index contributed by atoms with van der Waals surface area (Å²) < 4.78 is 0. The SMILES string of the molecule is CN(C)c1ccc2c(c1)NCCN2C. The van der Waals surface area contributed by atoms with Crippen molar-refractivity contribution in [1.82, 2.24) is 0 Å². The first-order valence-electron chi connectivity index (χ1n) is 4.95. The molecule has 0 aliphatic carbocycles. The van der Waals surface area contributed by atoms with Crippen LogP contribution < -0.4 is 15.1 Å². The van der Waals surface area contributed by atoms with E-state index in [1.165, 1.54) is 17.1 Å². The van der Waals surface area contributed by atoms with Crippen LogP contribution in [0.15, 0.2) is 18.2 Å². The van der Waals surface area contributed by atoms with E-state index in [0.717, 1.165) is 13.1 Å². The van der Waals surface area contributed by atoms with Crippen LogP contribution in [0, 0.1) is 0 Å². The number of rotatable bonds is 1. The first kappa shape index (κ1) is 9.19. The quantitative estimate of drug-likeness (QED) is 0.727. The first-order chi connectivity index (χ1) is 6.68. The van der Waals surface area contributed by atoms with Crippen LogP contribution >= 0.6 is 0 Å². The van der Waals surface area contributed by atoms with Crippen molar-refractivity contribution in [2.45, 2.75) is 0 Å². The fourth-order valence-corrected chi connectivity index (χ4v) is 1.76. The summed E-state index contributed by atoms with van der Waals surface area (Å²) in [7, 11) is 6.26. The first-order valence-corrected chi connectivity index (χ1v) is 4.95. The highest BCUT2D eigenvalue weighted by molar-refractivity contribution is 5.76. The number of likely N-dealkylation sites (N-methyl/N-ethyl adjacent to an activating group) is 1. The van der Waals surface area contributed by atoms with Gasteiger partial charge >= 0.3 is 0 Å². The molecule has 1 N–H and O–H groups in total. The van der Waals surface area contributed by atoms with Crippen LogP contribution in [0.1, 0.15) is 0 Å². The standard InChI is InChI=1S/C11H17N3/c1-13(2)9-4-5-11-10(8-9)12-6-7-14(11)3/h4-5,8,12H,6-7H2,1-3H3. The zero-order valence-corrected chi connectivity index (χ0v) is 9.04. The monoisotopic (exact) mass is 191 g/mol. The number of nitrogens with zero attached hydrogens (tertiary/aromatic N) is 2. The molecule has 1 aliphatic heterocycles. The van der Waals surface area contributed by atoms with Gasteiger partial charge in [-0.05, 0) is 18.2 Å². The summed E-state index contributed by atoms with van der Waals surface area (Å²) in [6.45, 7) is 2.11. The maximum Gasteiger partial charge on any atom is 0.0601 e. The molecule has 0 spiro atoms. The second kappa shape index (κ2) is 3.40. The summed E-state index contributed by atoms with van der Waals surface area (Å²) >= 11 is 0. The summed E-state index contributed by atoms with van der Waals surface area (Å²) in [6.07, 6.45) is 0. The van der Waals surface area contributed by atoms with Crippen molar-refractivity contribution in [1.29, 1.82) is 0 Å². The zero-order chi connectivity index (χ0) is 10.1. The van der Waals surface area contributed by atoms with E-state index >= 15 is 0 Å². The lowest BCUT2D eigenvalue weighted by Gasteiger charge is -2.29. The topological polar surface area (TPSA) is 18.5 Å². The van der Waals surface area contributed by atoms with Crippen molar-refractivity contribution < 1.29 is 0 Å². The van der Waals surface area contributed by atoms with Gasteiger partial charge in [0.1, 0.15) is 0 Å². The van der Waals surface area contributed by atoms with Gasteiger partial charge in [-0.15, -0.1) is 0 Å². The van der Waals surface area contributed by atoms with E-state index < -0.39 is 0 Å². The van der Waals surface area contributed by atoms with E-state index in [0.29, 0.717) is 0 Å². The van der Waals surface area contributed by atoms with Crippen LogP contribution in [0.5, 0.6) is 0 Å². The smallest absolute Gasteiger partial charge is 0.0601 e. The van der Waals surface area contributed by atoms with Crippen LogP contribution in [-0.2, 0) is 0 Å². The Hall–Kier alpha value is -1.38. The number of fused-ring (bicyclic) bond motifs is 1. The molecule has 0 unspecified atom stereocenters. The Morgan fingerprint density at radius 3 is 2.86 bits per heavy atom. The fourth-order valence-electron chi connectivity index (χ4n) is 1.76. The molecule has 0 aromatic heterocycles. The molecule has 76 valence electrons. The second-order valence-electron chi connectivity index (χ2n) is 3.94. The largest absolute Gasteiger partial charge is 0.382 e. The van der Waals surface area contributed by atoms with Gasteiger partial charge in [-0.2, -0.15) is 0 Å². The molecule has 0 radical (unpaired) electrons. The lowest BCUT2D eigenvalue weighted by atomic mass is 10.2. The molecule has 3 nitrogen and oxygen atoms in total. The minimum Gasteiger partial charge on any atom is -0.382 e. The summed E-state index contributed by atoms with van der Waals surface area (Å²) in [5, 5.41) is 3.42. The van der Waals surface area contributed by atoms with E-state index in [1.807, 2.05) is 0 Å². The molecule has 14 heavy (non-hydrogen) atoms. The Labute approximate surface area is 85.3 Å². The van der Waals surface area contributed by atoms with Gasteiger partial charge in [0.25, 0.3) is 0 Å². The predicted octanol–water partition coefficient (Wildman–Crippen LogP) is 1.61. The summed E-state index contributed by atoms with van der Waals surface area (Å²) in [4.78, 5) is 4.40. The molecule has 0 saturated heterocycles. The third-order valence-corrected chi connectivity index (χ3v) is 2.67. The number of nitrogens with one attached hydrogen (secondary N) is 1. The number of benzene rings is 1. The number of hydrogen-bond donors (Lipinski definition) is 1. The van der Waals surface area contributed by atoms with E-state index in [4.69, 9.17) is 0 Å². The summed E-state index contributed by atoms with van der Waals surface area (Å²) in [6, 6.07) is 6.53. The van der Waals surface area contributed by atoms with Gasteiger partial charge < -0.3 is 15.1 Å². The number of hydrogen-bond acceptors (Lipinski definition) is 3. The third kappa shape index (κ3) is 1.50. The molecule has 0 bridgehead atoms. The second-order valence-corrected chi connectivity index (χ2v) is 3.94. The summed E-state index contributed by atoms with van der Waals surface area (Å²) in [5.74, 6) is 0. The molecule has 1 aromatic carbocycles. The molecule has 1 heterocycles. The maximum atomic E-state index is 3.42. The molecule has 0 saturated carbocycles.